The maximum atomic E-state index is 11.7. The van der Waals surface area contributed by atoms with Crippen LogP contribution < -0.4 is 10.3 Å². The molecule has 0 bridgehead atoms. The summed E-state index contributed by atoms with van der Waals surface area (Å²) < 4.78 is 6.59. The lowest BCUT2D eigenvalue weighted by atomic mass is 10.1. The van der Waals surface area contributed by atoms with Crippen molar-refractivity contribution in [2.75, 3.05) is 7.11 Å². The highest BCUT2D eigenvalue weighted by molar-refractivity contribution is 5.42. The Labute approximate surface area is 110 Å². The standard InChI is InChI=1S/C14H13N3O2/c1-10-3-6-14(18)17(16-10)9-12-7-11(8-15)4-5-13(12)19-2/h3-7H,9H2,1-2H3. The number of rotatable bonds is 3. The van der Waals surface area contributed by atoms with Gasteiger partial charge in [-0.25, -0.2) is 4.68 Å². The third-order valence-electron chi connectivity index (χ3n) is 2.73. The van der Waals surface area contributed by atoms with E-state index in [1.165, 1.54) is 10.7 Å². The predicted octanol–water partition coefficient (Wildman–Crippen LogP) is 1.48. The van der Waals surface area contributed by atoms with Crippen molar-refractivity contribution in [2.24, 2.45) is 0 Å². The fourth-order valence-corrected chi connectivity index (χ4v) is 1.80. The molecule has 96 valence electrons. The normalized spacial score (nSPS) is 9.95. The first kappa shape index (κ1) is 12.8. The minimum absolute atomic E-state index is 0.185. The van der Waals surface area contributed by atoms with Crippen molar-refractivity contribution in [3.05, 3.63) is 57.5 Å². The van der Waals surface area contributed by atoms with E-state index in [1.54, 1.807) is 31.4 Å². The molecule has 19 heavy (non-hydrogen) atoms. The first-order chi connectivity index (χ1) is 9.13. The van der Waals surface area contributed by atoms with Gasteiger partial charge in [0, 0.05) is 11.6 Å². The highest BCUT2D eigenvalue weighted by Crippen LogP contribution is 2.20. The summed E-state index contributed by atoms with van der Waals surface area (Å²) in [4.78, 5) is 11.7. The number of aromatic nitrogens is 2. The molecule has 0 unspecified atom stereocenters. The lowest BCUT2D eigenvalue weighted by Gasteiger charge is -2.10. The van der Waals surface area contributed by atoms with Gasteiger partial charge in [-0.15, -0.1) is 0 Å². The van der Waals surface area contributed by atoms with E-state index in [0.29, 0.717) is 11.3 Å². The van der Waals surface area contributed by atoms with Crippen molar-refractivity contribution in [2.45, 2.75) is 13.5 Å². The molecular formula is C14H13N3O2. The Bertz CT molecular complexity index is 699. The Balaban J connectivity index is 2.45. The molecule has 2 rings (SSSR count). The molecule has 5 nitrogen and oxygen atoms in total. The van der Waals surface area contributed by atoms with Gasteiger partial charge in [-0.1, -0.05) is 0 Å². The molecule has 0 fully saturated rings. The predicted molar refractivity (Wildman–Crippen MR) is 70.0 cm³/mol. The molecule has 0 amide bonds. The zero-order chi connectivity index (χ0) is 13.8. The quantitative estimate of drug-likeness (QED) is 0.833. The SMILES string of the molecule is COc1ccc(C#N)cc1Cn1nc(C)ccc1=O. The molecule has 0 aliphatic carbocycles. The van der Waals surface area contributed by atoms with E-state index >= 15 is 0 Å². The Morgan fingerprint density at radius 2 is 2.16 bits per heavy atom. The third-order valence-corrected chi connectivity index (χ3v) is 2.73. The molecular weight excluding hydrogens is 242 g/mol. The minimum atomic E-state index is -0.185. The number of hydrogen-bond acceptors (Lipinski definition) is 4. The van der Waals surface area contributed by atoms with Crippen molar-refractivity contribution in [1.29, 1.82) is 5.26 Å². The number of ether oxygens (including phenoxy) is 1. The fraction of sp³-hybridized carbons (Fsp3) is 0.214. The number of hydrogen-bond donors (Lipinski definition) is 0. The maximum Gasteiger partial charge on any atom is 0.267 e. The van der Waals surface area contributed by atoms with Gasteiger partial charge in [0.15, 0.2) is 0 Å². The minimum Gasteiger partial charge on any atom is -0.496 e. The van der Waals surface area contributed by atoms with Gasteiger partial charge >= 0.3 is 0 Å². The molecule has 0 spiro atoms. The van der Waals surface area contributed by atoms with E-state index in [1.807, 2.05) is 6.92 Å². The molecule has 0 N–H and O–H groups in total. The van der Waals surface area contributed by atoms with Crippen LogP contribution in [0.3, 0.4) is 0 Å². The zero-order valence-corrected chi connectivity index (χ0v) is 10.8. The van der Waals surface area contributed by atoms with Crippen LogP contribution in [0, 0.1) is 18.3 Å². The molecule has 2 aromatic rings. The van der Waals surface area contributed by atoms with Crippen LogP contribution in [-0.2, 0) is 6.54 Å². The number of aryl methyl sites for hydroxylation is 1. The zero-order valence-electron chi connectivity index (χ0n) is 10.8. The summed E-state index contributed by atoms with van der Waals surface area (Å²) in [6.45, 7) is 2.10. The molecule has 0 aliphatic heterocycles. The van der Waals surface area contributed by atoms with Gasteiger partial charge in [0.1, 0.15) is 5.75 Å². The molecule has 0 saturated heterocycles. The summed E-state index contributed by atoms with van der Waals surface area (Å²) >= 11 is 0. The van der Waals surface area contributed by atoms with E-state index in [9.17, 15) is 4.79 Å². The second-order valence-electron chi connectivity index (χ2n) is 4.11. The van der Waals surface area contributed by atoms with E-state index in [2.05, 4.69) is 11.2 Å². The molecule has 1 heterocycles. The van der Waals surface area contributed by atoms with Crippen LogP contribution in [0.2, 0.25) is 0 Å². The summed E-state index contributed by atoms with van der Waals surface area (Å²) in [7, 11) is 1.55. The largest absolute Gasteiger partial charge is 0.496 e. The van der Waals surface area contributed by atoms with E-state index < -0.39 is 0 Å². The molecule has 1 aromatic carbocycles. The maximum absolute atomic E-state index is 11.7. The van der Waals surface area contributed by atoms with Crippen LogP contribution in [0.15, 0.2) is 35.1 Å². The second-order valence-corrected chi connectivity index (χ2v) is 4.11. The monoisotopic (exact) mass is 255 g/mol. The van der Waals surface area contributed by atoms with Crippen LogP contribution in [0.1, 0.15) is 16.8 Å². The van der Waals surface area contributed by atoms with Gasteiger partial charge in [0.2, 0.25) is 0 Å². The van der Waals surface area contributed by atoms with Crippen molar-refractivity contribution >= 4 is 0 Å². The number of benzene rings is 1. The molecule has 0 aliphatic rings. The second kappa shape index (κ2) is 5.36. The Kier molecular flexibility index (Phi) is 3.62. The average molecular weight is 255 g/mol. The first-order valence-corrected chi connectivity index (χ1v) is 5.76. The Hall–Kier alpha value is -2.61. The van der Waals surface area contributed by atoms with Crippen molar-refractivity contribution < 1.29 is 4.74 Å². The van der Waals surface area contributed by atoms with Gasteiger partial charge in [0.05, 0.1) is 31.0 Å². The van der Waals surface area contributed by atoms with Crippen molar-refractivity contribution in [3.63, 3.8) is 0 Å². The third kappa shape index (κ3) is 2.80. The van der Waals surface area contributed by atoms with Crippen LogP contribution in [0.4, 0.5) is 0 Å². The number of nitriles is 1. The Morgan fingerprint density at radius 3 is 2.84 bits per heavy atom. The van der Waals surface area contributed by atoms with Crippen molar-refractivity contribution in [3.8, 4) is 11.8 Å². The van der Waals surface area contributed by atoms with Gasteiger partial charge in [-0.3, -0.25) is 4.79 Å². The van der Waals surface area contributed by atoms with Crippen LogP contribution in [0.25, 0.3) is 0 Å². The van der Waals surface area contributed by atoms with E-state index in [4.69, 9.17) is 10.00 Å². The van der Waals surface area contributed by atoms with Crippen molar-refractivity contribution in [1.82, 2.24) is 9.78 Å². The fourth-order valence-electron chi connectivity index (χ4n) is 1.80. The molecule has 0 atom stereocenters. The highest BCUT2D eigenvalue weighted by Gasteiger charge is 2.07. The lowest BCUT2D eigenvalue weighted by molar-refractivity contribution is 0.406. The smallest absolute Gasteiger partial charge is 0.267 e. The van der Waals surface area contributed by atoms with Gasteiger partial charge in [0.25, 0.3) is 5.56 Å². The van der Waals surface area contributed by atoms with E-state index in [0.717, 1.165) is 11.3 Å². The topological polar surface area (TPSA) is 67.9 Å². The number of methoxy groups -OCH3 is 1. The van der Waals surface area contributed by atoms with Gasteiger partial charge in [-0.2, -0.15) is 10.4 Å². The number of nitrogens with zero attached hydrogens (tertiary/aromatic N) is 3. The lowest BCUT2D eigenvalue weighted by Crippen LogP contribution is -2.23. The summed E-state index contributed by atoms with van der Waals surface area (Å²) in [5.74, 6) is 0.634. The summed E-state index contributed by atoms with van der Waals surface area (Å²) in [5, 5.41) is 13.1. The summed E-state index contributed by atoms with van der Waals surface area (Å²) in [6, 6.07) is 10.3. The van der Waals surface area contributed by atoms with Crippen LogP contribution >= 0.6 is 0 Å². The van der Waals surface area contributed by atoms with Gasteiger partial charge < -0.3 is 4.74 Å². The molecule has 0 saturated carbocycles. The van der Waals surface area contributed by atoms with Gasteiger partial charge in [-0.05, 0) is 31.2 Å². The molecule has 5 heteroatoms. The van der Waals surface area contributed by atoms with Crippen LogP contribution in [-0.4, -0.2) is 16.9 Å². The van der Waals surface area contributed by atoms with E-state index in [-0.39, 0.29) is 12.1 Å². The average Bonchev–Trinajstić information content (AvgIpc) is 2.42. The highest BCUT2D eigenvalue weighted by atomic mass is 16.5. The summed E-state index contributed by atoms with van der Waals surface area (Å²) in [6.07, 6.45) is 0. The first-order valence-electron chi connectivity index (χ1n) is 5.76. The summed E-state index contributed by atoms with van der Waals surface area (Å²) in [5.41, 5.74) is 1.85. The molecule has 1 aromatic heterocycles. The van der Waals surface area contributed by atoms with Crippen LogP contribution in [0.5, 0.6) is 5.75 Å². The Morgan fingerprint density at radius 1 is 1.37 bits per heavy atom. The molecule has 0 radical (unpaired) electrons.